The molecule has 1 atom stereocenters. The summed E-state index contributed by atoms with van der Waals surface area (Å²) in [4.78, 5) is 4.61. The normalized spacial score (nSPS) is 23.8. The molecule has 2 aliphatic rings. The minimum atomic E-state index is -4.64. The van der Waals surface area contributed by atoms with Gasteiger partial charge in [-0.15, -0.1) is 13.2 Å². The summed E-state index contributed by atoms with van der Waals surface area (Å²) < 4.78 is 40.7. The van der Waals surface area contributed by atoms with Gasteiger partial charge < -0.3 is 9.64 Å². The number of nitrogens with zero attached hydrogens (tertiary/aromatic N) is 2. The first-order valence-electron chi connectivity index (χ1n) is 6.86. The fourth-order valence-electron chi connectivity index (χ4n) is 3.10. The van der Waals surface area contributed by atoms with E-state index in [1.54, 1.807) is 6.07 Å². The topological polar surface area (TPSA) is 15.7 Å². The molecule has 1 aromatic carbocycles. The lowest BCUT2D eigenvalue weighted by molar-refractivity contribution is -0.274. The van der Waals surface area contributed by atoms with Gasteiger partial charge in [-0.05, 0) is 31.5 Å². The molecule has 0 saturated carbocycles. The largest absolute Gasteiger partial charge is 0.573 e. The second-order valence-electron chi connectivity index (χ2n) is 5.32. The predicted molar refractivity (Wildman–Crippen MR) is 69.9 cm³/mol. The quantitative estimate of drug-likeness (QED) is 0.831. The third kappa shape index (κ3) is 3.00. The molecule has 0 spiro atoms. The highest BCUT2D eigenvalue weighted by Crippen LogP contribution is 2.29. The van der Waals surface area contributed by atoms with Gasteiger partial charge in [0, 0.05) is 37.4 Å². The SMILES string of the molecule is FC(F)(F)Oc1cccc(N2CCN3CCCC3C2)c1. The van der Waals surface area contributed by atoms with Crippen molar-refractivity contribution in [2.24, 2.45) is 0 Å². The van der Waals surface area contributed by atoms with Crippen molar-refractivity contribution in [3.63, 3.8) is 0 Å². The van der Waals surface area contributed by atoms with Gasteiger partial charge in [-0.1, -0.05) is 6.07 Å². The third-order valence-corrected chi connectivity index (χ3v) is 4.00. The fraction of sp³-hybridized carbons (Fsp3) is 0.571. The molecule has 2 aliphatic heterocycles. The maximum atomic E-state index is 12.2. The zero-order valence-corrected chi connectivity index (χ0v) is 11.1. The Morgan fingerprint density at radius 1 is 1.15 bits per heavy atom. The van der Waals surface area contributed by atoms with Crippen LogP contribution in [0.1, 0.15) is 12.8 Å². The number of anilines is 1. The van der Waals surface area contributed by atoms with Crippen LogP contribution in [-0.2, 0) is 0 Å². The highest BCUT2D eigenvalue weighted by atomic mass is 19.4. The van der Waals surface area contributed by atoms with Crippen LogP contribution in [0.5, 0.6) is 5.75 Å². The molecule has 20 heavy (non-hydrogen) atoms. The van der Waals surface area contributed by atoms with Crippen LogP contribution < -0.4 is 9.64 Å². The highest BCUT2D eigenvalue weighted by Gasteiger charge is 2.32. The summed E-state index contributed by atoms with van der Waals surface area (Å²) in [5.41, 5.74) is 0.804. The number of halogens is 3. The molecule has 6 heteroatoms. The summed E-state index contributed by atoms with van der Waals surface area (Å²) in [6.07, 6.45) is -2.24. The maximum Gasteiger partial charge on any atom is 0.573 e. The van der Waals surface area contributed by atoms with Gasteiger partial charge in [-0.2, -0.15) is 0 Å². The molecule has 0 amide bonds. The molecule has 0 bridgehead atoms. The van der Waals surface area contributed by atoms with Gasteiger partial charge in [0.05, 0.1) is 0 Å². The number of benzene rings is 1. The number of piperazine rings is 1. The van der Waals surface area contributed by atoms with Crippen LogP contribution in [0, 0.1) is 0 Å². The Morgan fingerprint density at radius 2 is 2.00 bits per heavy atom. The van der Waals surface area contributed by atoms with Crippen molar-refractivity contribution >= 4 is 5.69 Å². The lowest BCUT2D eigenvalue weighted by Crippen LogP contribution is -2.50. The van der Waals surface area contributed by atoms with E-state index in [2.05, 4.69) is 14.5 Å². The summed E-state index contributed by atoms with van der Waals surface area (Å²) in [5, 5.41) is 0. The van der Waals surface area contributed by atoms with Crippen molar-refractivity contribution in [1.29, 1.82) is 0 Å². The third-order valence-electron chi connectivity index (χ3n) is 4.00. The molecular formula is C14H17F3N2O. The Balaban J connectivity index is 1.72. The van der Waals surface area contributed by atoms with E-state index in [-0.39, 0.29) is 5.75 Å². The van der Waals surface area contributed by atoms with Crippen LogP contribution >= 0.6 is 0 Å². The molecule has 3 rings (SSSR count). The van der Waals surface area contributed by atoms with E-state index in [1.807, 2.05) is 6.07 Å². The Morgan fingerprint density at radius 3 is 2.80 bits per heavy atom. The first-order chi connectivity index (χ1) is 9.51. The first-order valence-corrected chi connectivity index (χ1v) is 6.86. The average Bonchev–Trinajstić information content (AvgIpc) is 2.84. The van der Waals surface area contributed by atoms with Gasteiger partial charge in [0.2, 0.25) is 0 Å². The molecule has 0 N–H and O–H groups in total. The lowest BCUT2D eigenvalue weighted by Gasteiger charge is -2.38. The Bertz CT molecular complexity index is 478. The van der Waals surface area contributed by atoms with Crippen LogP contribution in [0.2, 0.25) is 0 Å². The zero-order chi connectivity index (χ0) is 14.2. The number of hydrogen-bond donors (Lipinski definition) is 0. The van der Waals surface area contributed by atoms with E-state index < -0.39 is 6.36 Å². The summed E-state index contributed by atoms with van der Waals surface area (Å²) in [6.45, 7) is 3.87. The number of alkyl halides is 3. The zero-order valence-electron chi connectivity index (χ0n) is 11.1. The van der Waals surface area contributed by atoms with E-state index in [9.17, 15) is 13.2 Å². The molecule has 1 aromatic rings. The molecule has 0 aliphatic carbocycles. The highest BCUT2D eigenvalue weighted by molar-refractivity contribution is 5.51. The molecule has 2 saturated heterocycles. The first kappa shape index (κ1) is 13.5. The van der Waals surface area contributed by atoms with Crippen molar-refractivity contribution in [2.45, 2.75) is 25.2 Å². The van der Waals surface area contributed by atoms with Crippen molar-refractivity contribution < 1.29 is 17.9 Å². The number of fused-ring (bicyclic) bond motifs is 1. The van der Waals surface area contributed by atoms with E-state index in [0.29, 0.717) is 6.04 Å². The van der Waals surface area contributed by atoms with Crippen LogP contribution in [-0.4, -0.2) is 43.5 Å². The second-order valence-corrected chi connectivity index (χ2v) is 5.32. The molecule has 0 radical (unpaired) electrons. The van der Waals surface area contributed by atoms with E-state index in [0.717, 1.165) is 31.9 Å². The van der Waals surface area contributed by atoms with Crippen molar-refractivity contribution in [3.05, 3.63) is 24.3 Å². The summed E-state index contributed by atoms with van der Waals surface area (Å²) in [6, 6.07) is 6.79. The Labute approximate surface area is 115 Å². The summed E-state index contributed by atoms with van der Waals surface area (Å²) in [7, 11) is 0. The van der Waals surface area contributed by atoms with Gasteiger partial charge >= 0.3 is 6.36 Å². The van der Waals surface area contributed by atoms with Gasteiger partial charge in [0.1, 0.15) is 5.75 Å². The molecule has 110 valence electrons. The number of hydrogen-bond acceptors (Lipinski definition) is 3. The molecule has 0 aromatic heterocycles. The summed E-state index contributed by atoms with van der Waals surface area (Å²) in [5.74, 6) is -0.149. The van der Waals surface area contributed by atoms with Gasteiger partial charge in [-0.3, -0.25) is 4.90 Å². The minimum absolute atomic E-state index is 0.149. The van der Waals surface area contributed by atoms with E-state index in [4.69, 9.17) is 0 Å². The number of rotatable bonds is 2. The summed E-state index contributed by atoms with van der Waals surface area (Å²) >= 11 is 0. The maximum absolute atomic E-state index is 12.2. The second kappa shape index (κ2) is 5.16. The molecule has 2 heterocycles. The van der Waals surface area contributed by atoms with E-state index in [1.165, 1.54) is 25.0 Å². The van der Waals surface area contributed by atoms with Gasteiger partial charge in [0.15, 0.2) is 0 Å². The monoisotopic (exact) mass is 286 g/mol. The Hall–Kier alpha value is -1.43. The van der Waals surface area contributed by atoms with Gasteiger partial charge in [0.25, 0.3) is 0 Å². The average molecular weight is 286 g/mol. The van der Waals surface area contributed by atoms with Crippen molar-refractivity contribution in [2.75, 3.05) is 31.1 Å². The van der Waals surface area contributed by atoms with Crippen LogP contribution in [0.25, 0.3) is 0 Å². The minimum Gasteiger partial charge on any atom is -0.406 e. The fourth-order valence-corrected chi connectivity index (χ4v) is 3.10. The number of ether oxygens (including phenoxy) is 1. The van der Waals surface area contributed by atoms with E-state index >= 15 is 0 Å². The molecule has 1 unspecified atom stereocenters. The molecule has 2 fully saturated rings. The van der Waals surface area contributed by atoms with Crippen LogP contribution in [0.4, 0.5) is 18.9 Å². The van der Waals surface area contributed by atoms with Crippen molar-refractivity contribution in [1.82, 2.24) is 4.90 Å². The van der Waals surface area contributed by atoms with Crippen LogP contribution in [0.3, 0.4) is 0 Å². The molecule has 3 nitrogen and oxygen atoms in total. The standard InChI is InChI=1S/C14H17F3N2O/c15-14(16,17)20-13-5-1-3-11(9-13)19-8-7-18-6-2-4-12(18)10-19/h1,3,5,9,12H,2,4,6-8,10H2. The van der Waals surface area contributed by atoms with Crippen molar-refractivity contribution in [3.8, 4) is 5.75 Å². The predicted octanol–water partition coefficient (Wildman–Crippen LogP) is 2.87. The lowest BCUT2D eigenvalue weighted by atomic mass is 10.1. The van der Waals surface area contributed by atoms with Gasteiger partial charge in [-0.25, -0.2) is 0 Å². The van der Waals surface area contributed by atoms with Crippen LogP contribution in [0.15, 0.2) is 24.3 Å². The molecular weight excluding hydrogens is 269 g/mol. The Kier molecular flexibility index (Phi) is 3.50. The smallest absolute Gasteiger partial charge is 0.406 e.